The van der Waals surface area contributed by atoms with Gasteiger partial charge in [0, 0.05) is 5.38 Å². The number of ether oxygens (including phenoxy) is 1. The minimum absolute atomic E-state index is 0.214. The molecule has 90 valence electrons. The number of aromatic nitrogens is 2. The summed E-state index contributed by atoms with van der Waals surface area (Å²) in [5, 5.41) is 5.84. The molecule has 1 unspecified atom stereocenters. The van der Waals surface area contributed by atoms with E-state index in [4.69, 9.17) is 10.5 Å². The van der Waals surface area contributed by atoms with Crippen molar-refractivity contribution in [1.29, 1.82) is 0 Å². The maximum absolute atomic E-state index is 6.07. The summed E-state index contributed by atoms with van der Waals surface area (Å²) in [4.78, 5) is 0. The second kappa shape index (κ2) is 5.75. The Bertz CT molecular complexity index is 441. The molecule has 1 atom stereocenters. The first-order valence-electron chi connectivity index (χ1n) is 5.56. The van der Waals surface area contributed by atoms with Crippen LogP contribution in [-0.4, -0.2) is 16.2 Å². The summed E-state index contributed by atoms with van der Waals surface area (Å²) in [5.41, 5.74) is 7.89. The van der Waals surface area contributed by atoms with Crippen molar-refractivity contribution in [3.63, 3.8) is 0 Å². The largest absolute Gasteiger partial charge is 0.494 e. The van der Waals surface area contributed by atoms with Crippen molar-refractivity contribution >= 4 is 11.5 Å². The standard InChI is InChI=1S/C12H15N3OS/c1-2-7-16-10-5-3-9(4-6-10)12(13)11-8-17-15-14-11/h3-6,8,12H,2,7,13H2,1H3. The Balaban J connectivity index is 2.07. The summed E-state index contributed by atoms with van der Waals surface area (Å²) in [6.45, 7) is 2.82. The van der Waals surface area contributed by atoms with Crippen LogP contribution in [0.2, 0.25) is 0 Å². The number of nitrogens with two attached hydrogens (primary N) is 1. The SMILES string of the molecule is CCCOc1ccc(C(N)c2csnn2)cc1. The highest BCUT2D eigenvalue weighted by Crippen LogP contribution is 2.21. The monoisotopic (exact) mass is 249 g/mol. The van der Waals surface area contributed by atoms with Crippen molar-refractivity contribution in [3.8, 4) is 5.75 Å². The van der Waals surface area contributed by atoms with Gasteiger partial charge < -0.3 is 10.5 Å². The van der Waals surface area contributed by atoms with Crippen LogP contribution in [0, 0.1) is 0 Å². The fraction of sp³-hybridized carbons (Fsp3) is 0.333. The predicted octanol–water partition coefficient (Wildman–Crippen LogP) is 2.38. The van der Waals surface area contributed by atoms with E-state index >= 15 is 0 Å². The molecule has 1 heterocycles. The molecule has 0 aliphatic rings. The van der Waals surface area contributed by atoms with E-state index < -0.39 is 0 Å². The molecule has 2 N–H and O–H groups in total. The van der Waals surface area contributed by atoms with Crippen LogP contribution in [-0.2, 0) is 0 Å². The Hall–Kier alpha value is -1.46. The van der Waals surface area contributed by atoms with E-state index in [1.165, 1.54) is 11.5 Å². The van der Waals surface area contributed by atoms with Gasteiger partial charge in [-0.15, -0.1) is 5.10 Å². The first-order valence-corrected chi connectivity index (χ1v) is 6.40. The summed E-state index contributed by atoms with van der Waals surface area (Å²) >= 11 is 1.31. The van der Waals surface area contributed by atoms with Gasteiger partial charge in [-0.3, -0.25) is 0 Å². The van der Waals surface area contributed by atoms with Gasteiger partial charge in [-0.05, 0) is 35.6 Å². The zero-order valence-corrected chi connectivity index (χ0v) is 10.5. The quantitative estimate of drug-likeness (QED) is 0.883. The summed E-state index contributed by atoms with van der Waals surface area (Å²) in [6.07, 6.45) is 1.01. The molecular formula is C12H15N3OS. The lowest BCUT2D eigenvalue weighted by Gasteiger charge is -2.10. The Morgan fingerprint density at radius 2 is 2.12 bits per heavy atom. The van der Waals surface area contributed by atoms with Crippen molar-refractivity contribution < 1.29 is 4.74 Å². The fourth-order valence-electron chi connectivity index (χ4n) is 1.47. The second-order valence-corrected chi connectivity index (χ2v) is 4.33. The molecule has 17 heavy (non-hydrogen) atoms. The van der Waals surface area contributed by atoms with Crippen molar-refractivity contribution in [2.75, 3.05) is 6.61 Å². The van der Waals surface area contributed by atoms with Gasteiger partial charge in [0.05, 0.1) is 18.3 Å². The van der Waals surface area contributed by atoms with E-state index in [2.05, 4.69) is 16.5 Å². The van der Waals surface area contributed by atoms with Crippen LogP contribution in [0.3, 0.4) is 0 Å². The maximum Gasteiger partial charge on any atom is 0.119 e. The molecule has 5 heteroatoms. The molecule has 2 aromatic rings. The Labute approximate surface area is 105 Å². The highest BCUT2D eigenvalue weighted by atomic mass is 32.1. The molecular weight excluding hydrogens is 234 g/mol. The third-order valence-electron chi connectivity index (χ3n) is 2.41. The summed E-state index contributed by atoms with van der Waals surface area (Å²) < 4.78 is 9.33. The molecule has 0 radical (unpaired) electrons. The third-order valence-corrected chi connectivity index (χ3v) is 2.93. The van der Waals surface area contributed by atoms with Gasteiger partial charge in [-0.25, -0.2) is 0 Å². The van der Waals surface area contributed by atoms with E-state index in [0.717, 1.165) is 30.0 Å². The van der Waals surface area contributed by atoms with Gasteiger partial charge in [-0.2, -0.15) is 0 Å². The van der Waals surface area contributed by atoms with Crippen LogP contribution >= 0.6 is 11.5 Å². The zero-order valence-electron chi connectivity index (χ0n) is 9.67. The van der Waals surface area contributed by atoms with Crippen molar-refractivity contribution in [2.24, 2.45) is 5.73 Å². The van der Waals surface area contributed by atoms with E-state index in [0.29, 0.717) is 0 Å². The first kappa shape index (κ1) is 12.0. The highest BCUT2D eigenvalue weighted by Gasteiger charge is 2.11. The molecule has 1 aromatic heterocycles. The van der Waals surface area contributed by atoms with E-state index in [1.54, 1.807) is 0 Å². The van der Waals surface area contributed by atoms with Crippen LogP contribution in [0.15, 0.2) is 29.6 Å². The van der Waals surface area contributed by atoms with Crippen molar-refractivity contribution in [1.82, 2.24) is 9.59 Å². The van der Waals surface area contributed by atoms with E-state index in [9.17, 15) is 0 Å². The van der Waals surface area contributed by atoms with Gasteiger partial charge in [0.1, 0.15) is 5.75 Å². The second-order valence-electron chi connectivity index (χ2n) is 3.72. The number of rotatable bonds is 5. The van der Waals surface area contributed by atoms with Crippen LogP contribution in [0.1, 0.15) is 30.6 Å². The summed E-state index contributed by atoms with van der Waals surface area (Å²) in [6, 6.07) is 7.59. The van der Waals surface area contributed by atoms with Crippen LogP contribution < -0.4 is 10.5 Å². The topological polar surface area (TPSA) is 61.0 Å². The third kappa shape index (κ3) is 3.01. The molecule has 0 saturated heterocycles. The van der Waals surface area contributed by atoms with Gasteiger partial charge in [0.2, 0.25) is 0 Å². The fourth-order valence-corrected chi connectivity index (χ4v) is 1.96. The lowest BCUT2D eigenvalue weighted by Crippen LogP contribution is -2.12. The Kier molecular flexibility index (Phi) is 4.06. The van der Waals surface area contributed by atoms with Crippen molar-refractivity contribution in [3.05, 3.63) is 40.9 Å². The molecule has 0 aliphatic carbocycles. The lowest BCUT2D eigenvalue weighted by atomic mass is 10.1. The molecule has 2 rings (SSSR count). The average molecular weight is 249 g/mol. The molecule has 0 spiro atoms. The van der Waals surface area contributed by atoms with E-state index in [1.807, 2.05) is 29.6 Å². The molecule has 0 aliphatic heterocycles. The van der Waals surface area contributed by atoms with Gasteiger partial charge in [0.25, 0.3) is 0 Å². The Morgan fingerprint density at radius 1 is 1.35 bits per heavy atom. The summed E-state index contributed by atoms with van der Waals surface area (Å²) in [5.74, 6) is 0.874. The molecule has 0 bridgehead atoms. The minimum Gasteiger partial charge on any atom is -0.494 e. The van der Waals surface area contributed by atoms with Gasteiger partial charge >= 0.3 is 0 Å². The van der Waals surface area contributed by atoms with Gasteiger partial charge in [0.15, 0.2) is 0 Å². The molecule has 4 nitrogen and oxygen atoms in total. The first-order chi connectivity index (χ1) is 8.31. The van der Waals surface area contributed by atoms with Gasteiger partial charge in [-0.1, -0.05) is 23.5 Å². The number of benzene rings is 1. The maximum atomic E-state index is 6.07. The number of hydrogen-bond donors (Lipinski definition) is 1. The van der Waals surface area contributed by atoms with Crippen LogP contribution in [0.4, 0.5) is 0 Å². The highest BCUT2D eigenvalue weighted by molar-refractivity contribution is 7.03. The summed E-state index contributed by atoms with van der Waals surface area (Å²) in [7, 11) is 0. The van der Waals surface area contributed by atoms with Crippen LogP contribution in [0.25, 0.3) is 0 Å². The number of hydrogen-bond acceptors (Lipinski definition) is 5. The molecule has 0 fully saturated rings. The lowest BCUT2D eigenvalue weighted by molar-refractivity contribution is 0.317. The number of nitrogens with zero attached hydrogens (tertiary/aromatic N) is 2. The average Bonchev–Trinajstić information content (AvgIpc) is 2.90. The van der Waals surface area contributed by atoms with E-state index in [-0.39, 0.29) is 6.04 Å². The minimum atomic E-state index is -0.214. The molecule has 0 saturated carbocycles. The zero-order chi connectivity index (χ0) is 12.1. The smallest absolute Gasteiger partial charge is 0.119 e. The predicted molar refractivity (Wildman–Crippen MR) is 68.2 cm³/mol. The Morgan fingerprint density at radius 3 is 2.71 bits per heavy atom. The normalized spacial score (nSPS) is 12.4. The molecule has 0 amide bonds. The van der Waals surface area contributed by atoms with Crippen molar-refractivity contribution in [2.45, 2.75) is 19.4 Å². The van der Waals surface area contributed by atoms with Crippen LogP contribution in [0.5, 0.6) is 5.75 Å². The molecule has 1 aromatic carbocycles.